The maximum absolute atomic E-state index is 9.61. The van der Waals surface area contributed by atoms with Crippen LogP contribution in [-0.4, -0.2) is 35.7 Å². The number of likely N-dealkylation sites (tertiary alicyclic amines) is 1. The van der Waals surface area contributed by atoms with Gasteiger partial charge in [-0.3, -0.25) is 0 Å². The predicted molar refractivity (Wildman–Crippen MR) is 76.1 cm³/mol. The number of hydrogen-bond acceptors (Lipinski definition) is 2. The van der Waals surface area contributed by atoms with Gasteiger partial charge in [0.05, 0.1) is 6.10 Å². The first-order chi connectivity index (χ1) is 8.56. The van der Waals surface area contributed by atoms with E-state index < -0.39 is 0 Å². The van der Waals surface area contributed by atoms with Gasteiger partial charge < -0.3 is 10.0 Å². The van der Waals surface area contributed by atoms with Crippen LogP contribution in [-0.2, 0) is 0 Å². The molecule has 0 aliphatic carbocycles. The molecule has 1 aliphatic heterocycles. The molecule has 1 aromatic rings. The Morgan fingerprint density at radius 2 is 2.22 bits per heavy atom. The van der Waals surface area contributed by atoms with Gasteiger partial charge in [-0.05, 0) is 49.4 Å². The first-order valence-corrected chi connectivity index (χ1v) is 7.10. The number of rotatable bonds is 4. The van der Waals surface area contributed by atoms with Crippen molar-refractivity contribution in [2.24, 2.45) is 5.92 Å². The van der Waals surface area contributed by atoms with Crippen molar-refractivity contribution in [1.82, 2.24) is 4.90 Å². The number of hydrogen-bond donors (Lipinski definition) is 1. The van der Waals surface area contributed by atoms with Crippen LogP contribution in [0.3, 0.4) is 0 Å². The van der Waals surface area contributed by atoms with Crippen LogP contribution in [0.2, 0.25) is 5.02 Å². The smallest absolute Gasteiger partial charge is 0.0552 e. The van der Waals surface area contributed by atoms with Crippen LogP contribution >= 0.6 is 11.6 Å². The third kappa shape index (κ3) is 3.47. The lowest BCUT2D eigenvalue weighted by Crippen LogP contribution is -2.27. The third-order valence-corrected chi connectivity index (χ3v) is 4.18. The Balaban J connectivity index is 1.90. The van der Waals surface area contributed by atoms with Gasteiger partial charge in [0, 0.05) is 18.1 Å². The minimum Gasteiger partial charge on any atom is -0.393 e. The molecule has 18 heavy (non-hydrogen) atoms. The summed E-state index contributed by atoms with van der Waals surface area (Å²) in [7, 11) is 0. The Morgan fingerprint density at radius 3 is 2.83 bits per heavy atom. The molecule has 0 amide bonds. The zero-order valence-corrected chi connectivity index (χ0v) is 11.9. The second kappa shape index (κ2) is 6.05. The van der Waals surface area contributed by atoms with Crippen molar-refractivity contribution in [3.63, 3.8) is 0 Å². The summed E-state index contributed by atoms with van der Waals surface area (Å²) in [5.41, 5.74) is 1.29. The average molecular weight is 268 g/mol. The van der Waals surface area contributed by atoms with Crippen LogP contribution in [0.1, 0.15) is 31.7 Å². The molecule has 3 atom stereocenters. The highest BCUT2D eigenvalue weighted by Gasteiger charge is 2.26. The highest BCUT2D eigenvalue weighted by Crippen LogP contribution is 2.25. The minimum absolute atomic E-state index is 0.184. The van der Waals surface area contributed by atoms with Crippen molar-refractivity contribution in [2.45, 2.75) is 32.3 Å². The Hall–Kier alpha value is -0.570. The van der Waals surface area contributed by atoms with Crippen molar-refractivity contribution >= 4 is 11.6 Å². The maximum atomic E-state index is 9.61. The molecule has 2 rings (SSSR count). The van der Waals surface area contributed by atoms with Crippen molar-refractivity contribution in [1.29, 1.82) is 0 Å². The van der Waals surface area contributed by atoms with E-state index >= 15 is 0 Å². The summed E-state index contributed by atoms with van der Waals surface area (Å²) < 4.78 is 0. The molecule has 0 spiro atoms. The summed E-state index contributed by atoms with van der Waals surface area (Å²) in [5.74, 6) is 0.924. The largest absolute Gasteiger partial charge is 0.393 e. The fraction of sp³-hybridized carbons (Fsp3) is 0.600. The molecule has 1 saturated heterocycles. The first kappa shape index (κ1) is 13.9. The van der Waals surface area contributed by atoms with Crippen LogP contribution in [0.4, 0.5) is 0 Å². The molecule has 1 N–H and O–H groups in total. The number of aliphatic hydroxyl groups excluding tert-OH is 1. The van der Waals surface area contributed by atoms with E-state index in [1.54, 1.807) is 0 Å². The van der Waals surface area contributed by atoms with Crippen LogP contribution in [0.5, 0.6) is 0 Å². The molecular formula is C15H22ClNO. The van der Waals surface area contributed by atoms with Crippen LogP contribution in [0.15, 0.2) is 24.3 Å². The van der Waals surface area contributed by atoms with Gasteiger partial charge in [-0.25, -0.2) is 0 Å². The summed E-state index contributed by atoms with van der Waals surface area (Å²) in [5, 5.41) is 10.4. The van der Waals surface area contributed by atoms with Gasteiger partial charge >= 0.3 is 0 Å². The van der Waals surface area contributed by atoms with Crippen LogP contribution in [0.25, 0.3) is 0 Å². The van der Waals surface area contributed by atoms with Gasteiger partial charge in [0.2, 0.25) is 0 Å². The number of halogens is 1. The molecule has 3 heteroatoms. The summed E-state index contributed by atoms with van der Waals surface area (Å²) in [4.78, 5) is 2.45. The van der Waals surface area contributed by atoms with Crippen molar-refractivity contribution in [3.05, 3.63) is 34.9 Å². The zero-order valence-electron chi connectivity index (χ0n) is 11.1. The van der Waals surface area contributed by atoms with Gasteiger partial charge in [-0.2, -0.15) is 0 Å². The van der Waals surface area contributed by atoms with Crippen molar-refractivity contribution in [2.75, 3.05) is 19.6 Å². The van der Waals surface area contributed by atoms with Crippen molar-refractivity contribution < 1.29 is 5.11 Å². The highest BCUT2D eigenvalue weighted by atomic mass is 35.5. The normalized spacial score (nSPS) is 24.1. The molecule has 0 radical (unpaired) electrons. The topological polar surface area (TPSA) is 23.5 Å². The average Bonchev–Trinajstić information content (AvgIpc) is 2.77. The van der Waals surface area contributed by atoms with E-state index in [1.807, 2.05) is 19.1 Å². The molecule has 1 heterocycles. The molecular weight excluding hydrogens is 246 g/mol. The van der Waals surface area contributed by atoms with E-state index in [4.69, 9.17) is 11.6 Å². The van der Waals surface area contributed by atoms with Gasteiger partial charge in [-0.1, -0.05) is 30.7 Å². The number of benzene rings is 1. The lowest BCUT2D eigenvalue weighted by Gasteiger charge is -2.22. The highest BCUT2D eigenvalue weighted by molar-refractivity contribution is 6.30. The van der Waals surface area contributed by atoms with E-state index in [0.717, 1.165) is 31.1 Å². The zero-order chi connectivity index (χ0) is 13.1. The van der Waals surface area contributed by atoms with Crippen LogP contribution < -0.4 is 0 Å². The number of nitrogens with zero attached hydrogens (tertiary/aromatic N) is 1. The molecule has 0 aromatic heterocycles. The van der Waals surface area contributed by atoms with Crippen molar-refractivity contribution in [3.8, 4) is 0 Å². The molecule has 0 saturated carbocycles. The summed E-state index contributed by atoms with van der Waals surface area (Å²) >= 11 is 6.02. The molecule has 3 unspecified atom stereocenters. The van der Waals surface area contributed by atoms with E-state index in [0.29, 0.717) is 11.8 Å². The van der Waals surface area contributed by atoms with E-state index in [2.05, 4.69) is 24.0 Å². The SMILES string of the molecule is CC(CN1CCC(C(C)O)C1)c1cccc(Cl)c1. The number of aliphatic hydroxyl groups is 1. The standard InChI is InChI=1S/C15H22ClNO/c1-11(13-4-3-5-15(16)8-13)9-17-7-6-14(10-17)12(2)18/h3-5,8,11-12,14,18H,6-7,9-10H2,1-2H3. The molecule has 100 valence electrons. The molecule has 1 fully saturated rings. The van der Waals surface area contributed by atoms with E-state index in [9.17, 15) is 5.11 Å². The molecule has 1 aliphatic rings. The second-order valence-corrected chi connectivity index (χ2v) is 5.94. The van der Waals surface area contributed by atoms with Gasteiger partial charge in [0.25, 0.3) is 0 Å². The lowest BCUT2D eigenvalue weighted by atomic mass is 10.0. The molecule has 2 nitrogen and oxygen atoms in total. The minimum atomic E-state index is -0.184. The fourth-order valence-electron chi connectivity index (χ4n) is 2.73. The summed E-state index contributed by atoms with van der Waals surface area (Å²) in [6, 6.07) is 8.11. The van der Waals surface area contributed by atoms with Gasteiger partial charge in [0.1, 0.15) is 0 Å². The molecule has 1 aromatic carbocycles. The fourth-order valence-corrected chi connectivity index (χ4v) is 2.93. The summed E-state index contributed by atoms with van der Waals surface area (Å²) in [6.45, 7) is 7.29. The Labute approximate surface area is 115 Å². The second-order valence-electron chi connectivity index (χ2n) is 5.50. The van der Waals surface area contributed by atoms with E-state index in [1.165, 1.54) is 5.56 Å². The lowest BCUT2D eigenvalue weighted by molar-refractivity contribution is 0.127. The first-order valence-electron chi connectivity index (χ1n) is 6.72. The third-order valence-electron chi connectivity index (χ3n) is 3.94. The van der Waals surface area contributed by atoms with E-state index in [-0.39, 0.29) is 6.10 Å². The van der Waals surface area contributed by atoms with Gasteiger partial charge in [0.15, 0.2) is 0 Å². The van der Waals surface area contributed by atoms with Crippen LogP contribution in [0, 0.1) is 5.92 Å². The molecule has 0 bridgehead atoms. The predicted octanol–water partition coefficient (Wildman–Crippen LogP) is 3.15. The Kier molecular flexibility index (Phi) is 4.66. The Morgan fingerprint density at radius 1 is 1.44 bits per heavy atom. The Bertz CT molecular complexity index is 394. The maximum Gasteiger partial charge on any atom is 0.0552 e. The monoisotopic (exact) mass is 267 g/mol. The summed E-state index contributed by atoms with van der Waals surface area (Å²) in [6.07, 6.45) is 0.927. The van der Waals surface area contributed by atoms with Gasteiger partial charge in [-0.15, -0.1) is 0 Å². The quantitative estimate of drug-likeness (QED) is 0.906.